The van der Waals surface area contributed by atoms with Crippen LogP contribution in [0.4, 0.5) is 13.2 Å². The van der Waals surface area contributed by atoms with Crippen molar-refractivity contribution in [2.75, 3.05) is 0 Å². The van der Waals surface area contributed by atoms with Crippen LogP contribution >= 0.6 is 11.6 Å². The molecule has 0 saturated carbocycles. The number of alkyl halides is 3. The smallest absolute Gasteiger partial charge is 0.388 e. The first kappa shape index (κ1) is 12.1. The molecule has 0 amide bonds. The first-order chi connectivity index (χ1) is 6.79. The van der Waals surface area contributed by atoms with Gasteiger partial charge in [-0.1, -0.05) is 31.5 Å². The summed E-state index contributed by atoms with van der Waals surface area (Å²) in [5.74, 6) is 0.309. The van der Waals surface area contributed by atoms with Crippen molar-refractivity contribution in [3.63, 3.8) is 0 Å². The lowest BCUT2D eigenvalue weighted by atomic mass is 10.1. The van der Waals surface area contributed by atoms with Crippen LogP contribution in [0, 0.1) is 5.92 Å². The highest BCUT2D eigenvalue weighted by atomic mass is 35.5. The average molecular weight is 239 g/mol. The molecule has 1 aromatic heterocycles. The minimum atomic E-state index is -4.75. The van der Waals surface area contributed by atoms with Gasteiger partial charge in [0.15, 0.2) is 0 Å². The van der Waals surface area contributed by atoms with Crippen LogP contribution in [0.25, 0.3) is 0 Å². The standard InChI is InChI=1S/C9H8ClF3NO/c1-5(2)6-3-4-7(14-8(6)10)15-9(11,12)13/h3-4H,1-2H3. The SMILES string of the molecule is C[C](C)c1ccc(OC(F)(F)F)nc1Cl. The molecule has 15 heavy (non-hydrogen) atoms. The van der Waals surface area contributed by atoms with E-state index in [4.69, 9.17) is 11.6 Å². The van der Waals surface area contributed by atoms with Crippen LogP contribution in [0.5, 0.6) is 5.88 Å². The Labute approximate surface area is 90.0 Å². The summed E-state index contributed by atoms with van der Waals surface area (Å²) in [5.41, 5.74) is 0.603. The van der Waals surface area contributed by atoms with E-state index >= 15 is 0 Å². The Kier molecular flexibility index (Phi) is 3.44. The van der Waals surface area contributed by atoms with Crippen molar-refractivity contribution in [1.82, 2.24) is 4.98 Å². The van der Waals surface area contributed by atoms with E-state index in [9.17, 15) is 13.2 Å². The monoisotopic (exact) mass is 238 g/mol. The summed E-state index contributed by atoms with van der Waals surface area (Å²) >= 11 is 5.67. The predicted molar refractivity (Wildman–Crippen MR) is 49.6 cm³/mol. The molecule has 1 rings (SSSR count). The third-order valence-electron chi connectivity index (χ3n) is 1.58. The van der Waals surface area contributed by atoms with Crippen LogP contribution in [0.15, 0.2) is 12.1 Å². The molecule has 0 aliphatic heterocycles. The van der Waals surface area contributed by atoms with Gasteiger partial charge in [0.1, 0.15) is 5.15 Å². The van der Waals surface area contributed by atoms with Crippen LogP contribution in [-0.4, -0.2) is 11.3 Å². The van der Waals surface area contributed by atoms with Crippen LogP contribution in [-0.2, 0) is 0 Å². The number of ether oxygens (including phenoxy) is 1. The number of aromatic nitrogens is 1. The minimum Gasteiger partial charge on any atom is -0.388 e. The van der Waals surface area contributed by atoms with Gasteiger partial charge >= 0.3 is 6.36 Å². The van der Waals surface area contributed by atoms with Gasteiger partial charge in [-0.3, -0.25) is 0 Å². The van der Waals surface area contributed by atoms with Crippen molar-refractivity contribution in [2.45, 2.75) is 20.2 Å². The highest BCUT2D eigenvalue weighted by molar-refractivity contribution is 6.30. The summed E-state index contributed by atoms with van der Waals surface area (Å²) in [5, 5.41) is -0.00301. The summed E-state index contributed by atoms with van der Waals surface area (Å²) in [6, 6.07) is 2.56. The van der Waals surface area contributed by atoms with Gasteiger partial charge in [-0.15, -0.1) is 13.2 Å². The number of pyridine rings is 1. The average Bonchev–Trinajstić information content (AvgIpc) is 1.99. The van der Waals surface area contributed by atoms with Crippen LogP contribution < -0.4 is 4.74 Å². The summed E-state index contributed by atoms with van der Waals surface area (Å²) in [4.78, 5) is 3.48. The zero-order chi connectivity index (χ0) is 11.6. The van der Waals surface area contributed by atoms with E-state index < -0.39 is 12.2 Å². The Hall–Kier alpha value is -0.970. The van der Waals surface area contributed by atoms with E-state index in [1.165, 1.54) is 6.07 Å². The van der Waals surface area contributed by atoms with E-state index in [0.717, 1.165) is 12.0 Å². The van der Waals surface area contributed by atoms with E-state index in [-0.39, 0.29) is 5.15 Å². The topological polar surface area (TPSA) is 22.1 Å². The highest BCUT2D eigenvalue weighted by Gasteiger charge is 2.32. The summed E-state index contributed by atoms with van der Waals surface area (Å²) in [6.45, 7) is 3.57. The van der Waals surface area contributed by atoms with E-state index in [1.807, 2.05) is 0 Å². The molecule has 0 unspecified atom stereocenters. The Morgan fingerprint density at radius 2 is 1.93 bits per heavy atom. The normalized spacial score (nSPS) is 11.9. The van der Waals surface area contributed by atoms with Crippen molar-refractivity contribution in [2.24, 2.45) is 0 Å². The zero-order valence-electron chi connectivity index (χ0n) is 8.02. The fraction of sp³-hybridized carbons (Fsp3) is 0.333. The molecule has 0 aliphatic rings. The van der Waals surface area contributed by atoms with E-state index in [2.05, 4.69) is 9.72 Å². The van der Waals surface area contributed by atoms with Crippen molar-refractivity contribution < 1.29 is 17.9 Å². The quantitative estimate of drug-likeness (QED) is 0.735. The van der Waals surface area contributed by atoms with Crippen LogP contribution in [0.2, 0.25) is 5.15 Å². The second kappa shape index (κ2) is 4.26. The van der Waals surface area contributed by atoms with Crippen molar-refractivity contribution in [1.29, 1.82) is 0 Å². The molecule has 6 heteroatoms. The molecule has 0 aromatic carbocycles. The predicted octanol–water partition coefficient (Wildman–Crippen LogP) is 3.60. The Morgan fingerprint density at radius 1 is 1.33 bits per heavy atom. The molecular weight excluding hydrogens is 231 g/mol. The maximum atomic E-state index is 11.8. The van der Waals surface area contributed by atoms with Gasteiger partial charge in [-0.2, -0.15) is 0 Å². The summed E-state index contributed by atoms with van der Waals surface area (Å²) < 4.78 is 39.1. The fourth-order valence-corrected chi connectivity index (χ4v) is 1.30. The van der Waals surface area contributed by atoms with Gasteiger partial charge < -0.3 is 4.74 Å². The zero-order valence-corrected chi connectivity index (χ0v) is 8.78. The maximum absolute atomic E-state index is 11.8. The number of hydrogen-bond donors (Lipinski definition) is 0. The lowest BCUT2D eigenvalue weighted by Crippen LogP contribution is -2.18. The molecular formula is C9H8ClF3NO. The lowest BCUT2D eigenvalue weighted by Gasteiger charge is -2.10. The number of nitrogens with zero attached hydrogens (tertiary/aromatic N) is 1. The number of halogens is 4. The first-order valence-corrected chi connectivity index (χ1v) is 4.40. The van der Waals surface area contributed by atoms with Crippen molar-refractivity contribution >= 4 is 11.6 Å². The number of hydrogen-bond acceptors (Lipinski definition) is 2. The summed E-state index contributed by atoms with van der Waals surface area (Å²) in [7, 11) is 0. The third-order valence-corrected chi connectivity index (χ3v) is 1.87. The minimum absolute atomic E-state index is 0.00301. The maximum Gasteiger partial charge on any atom is 0.574 e. The molecule has 83 valence electrons. The summed E-state index contributed by atoms with van der Waals surface area (Å²) in [6.07, 6.45) is -4.75. The van der Waals surface area contributed by atoms with Gasteiger partial charge in [0, 0.05) is 12.0 Å². The van der Waals surface area contributed by atoms with E-state index in [1.54, 1.807) is 13.8 Å². The molecule has 1 aromatic rings. The fourth-order valence-electron chi connectivity index (χ4n) is 0.966. The third kappa shape index (κ3) is 3.58. The number of rotatable bonds is 2. The Morgan fingerprint density at radius 3 is 2.33 bits per heavy atom. The molecule has 0 aliphatic carbocycles. The van der Waals surface area contributed by atoms with Crippen LogP contribution in [0.3, 0.4) is 0 Å². The Balaban J connectivity index is 2.92. The van der Waals surface area contributed by atoms with Gasteiger partial charge in [-0.25, -0.2) is 4.98 Å². The molecule has 0 N–H and O–H groups in total. The molecule has 0 bridgehead atoms. The molecule has 1 heterocycles. The van der Waals surface area contributed by atoms with Gasteiger partial charge in [-0.05, 0) is 5.56 Å². The van der Waals surface area contributed by atoms with Crippen molar-refractivity contribution in [3.8, 4) is 5.88 Å². The molecule has 1 radical (unpaired) electrons. The van der Waals surface area contributed by atoms with Gasteiger partial charge in [0.05, 0.1) is 0 Å². The van der Waals surface area contributed by atoms with Gasteiger partial charge in [0.25, 0.3) is 0 Å². The largest absolute Gasteiger partial charge is 0.574 e. The molecule has 2 nitrogen and oxygen atoms in total. The van der Waals surface area contributed by atoms with Gasteiger partial charge in [0.2, 0.25) is 5.88 Å². The molecule has 0 spiro atoms. The molecule has 0 saturated heterocycles. The Bertz CT molecular complexity index is 352. The second-order valence-electron chi connectivity index (χ2n) is 3.04. The second-order valence-corrected chi connectivity index (χ2v) is 3.39. The molecule has 0 atom stereocenters. The lowest BCUT2D eigenvalue weighted by molar-refractivity contribution is -0.276. The first-order valence-electron chi connectivity index (χ1n) is 4.02. The van der Waals surface area contributed by atoms with Crippen LogP contribution in [0.1, 0.15) is 19.4 Å². The molecule has 0 fully saturated rings. The highest BCUT2D eigenvalue weighted by Crippen LogP contribution is 2.27. The van der Waals surface area contributed by atoms with Crippen molar-refractivity contribution in [3.05, 3.63) is 28.8 Å². The van der Waals surface area contributed by atoms with E-state index in [0.29, 0.717) is 5.56 Å².